The van der Waals surface area contributed by atoms with Crippen LogP contribution in [0.1, 0.15) is 24.0 Å². The Morgan fingerprint density at radius 3 is 2.62 bits per heavy atom. The number of hydrogen-bond donors (Lipinski definition) is 1. The lowest BCUT2D eigenvalue weighted by atomic mass is 9.96. The molecule has 0 bridgehead atoms. The summed E-state index contributed by atoms with van der Waals surface area (Å²) in [4.78, 5) is 16.9. The first kappa shape index (κ1) is 17.4. The van der Waals surface area contributed by atoms with Crippen LogP contribution in [0.2, 0.25) is 0 Å². The van der Waals surface area contributed by atoms with Gasteiger partial charge in [0, 0.05) is 32.2 Å². The quantitative estimate of drug-likeness (QED) is 0.894. The average molecular weight is 334 g/mol. The molecule has 4 nitrogen and oxygen atoms in total. The molecule has 2 heterocycles. The summed E-state index contributed by atoms with van der Waals surface area (Å²) in [6.07, 6.45) is 2.72. The van der Waals surface area contributed by atoms with Gasteiger partial charge in [-0.3, -0.25) is 4.79 Å². The Bertz CT molecular complexity index is 587. The molecule has 2 atom stereocenters. The van der Waals surface area contributed by atoms with Gasteiger partial charge in [-0.25, -0.2) is 4.39 Å². The van der Waals surface area contributed by atoms with Crippen LogP contribution >= 0.6 is 0 Å². The van der Waals surface area contributed by atoms with Crippen LogP contribution in [-0.2, 0) is 11.2 Å². The number of hydrogen-bond acceptors (Lipinski definition) is 3. The molecular formula is C19H27FN2O2. The second-order valence-electron chi connectivity index (χ2n) is 7.27. The highest BCUT2D eigenvalue weighted by atomic mass is 19.1. The lowest BCUT2D eigenvalue weighted by Gasteiger charge is -2.22. The van der Waals surface area contributed by atoms with Gasteiger partial charge in [0.1, 0.15) is 5.82 Å². The fourth-order valence-corrected chi connectivity index (χ4v) is 3.89. The number of nitrogens with zero attached hydrogens (tertiary/aromatic N) is 2. The highest BCUT2D eigenvalue weighted by Crippen LogP contribution is 2.26. The Labute approximate surface area is 143 Å². The molecule has 2 aliphatic heterocycles. The van der Waals surface area contributed by atoms with E-state index in [-0.39, 0.29) is 30.7 Å². The van der Waals surface area contributed by atoms with E-state index in [1.807, 2.05) is 11.0 Å². The molecule has 0 spiro atoms. The Hall–Kier alpha value is -1.46. The first-order chi connectivity index (χ1) is 11.6. The van der Waals surface area contributed by atoms with E-state index < -0.39 is 0 Å². The summed E-state index contributed by atoms with van der Waals surface area (Å²) in [7, 11) is 0. The molecule has 1 N–H and O–H groups in total. The predicted molar refractivity (Wildman–Crippen MR) is 91.2 cm³/mol. The smallest absolute Gasteiger partial charge is 0.227 e. The SMILES string of the molecule is Cc1ccc(CC(=O)N2C[C@@H](CN3CCCC3)[C@@H](CO)C2)cc1F. The molecule has 24 heavy (non-hydrogen) atoms. The van der Waals surface area contributed by atoms with Crippen LogP contribution in [0.25, 0.3) is 0 Å². The Balaban J connectivity index is 1.59. The van der Waals surface area contributed by atoms with Crippen LogP contribution in [0.3, 0.4) is 0 Å². The largest absolute Gasteiger partial charge is 0.396 e. The number of amides is 1. The maximum absolute atomic E-state index is 13.6. The summed E-state index contributed by atoms with van der Waals surface area (Å²) >= 11 is 0. The van der Waals surface area contributed by atoms with Crippen LogP contribution in [0.5, 0.6) is 0 Å². The molecule has 0 unspecified atom stereocenters. The Kier molecular flexibility index (Phi) is 5.51. The summed E-state index contributed by atoms with van der Waals surface area (Å²) in [6, 6.07) is 4.99. The van der Waals surface area contributed by atoms with E-state index in [9.17, 15) is 14.3 Å². The summed E-state index contributed by atoms with van der Waals surface area (Å²) in [5.41, 5.74) is 1.31. The summed E-state index contributed by atoms with van der Waals surface area (Å²) in [6.45, 7) is 6.39. The minimum absolute atomic E-state index is 0.0284. The second-order valence-corrected chi connectivity index (χ2v) is 7.27. The summed E-state index contributed by atoms with van der Waals surface area (Å²) in [5, 5.41) is 9.66. The maximum Gasteiger partial charge on any atom is 0.227 e. The molecule has 1 aromatic rings. The topological polar surface area (TPSA) is 43.8 Å². The van der Waals surface area contributed by atoms with Crippen LogP contribution in [0.15, 0.2) is 18.2 Å². The van der Waals surface area contributed by atoms with Gasteiger partial charge in [0.25, 0.3) is 0 Å². The van der Waals surface area contributed by atoms with E-state index in [2.05, 4.69) is 4.90 Å². The van der Waals surface area contributed by atoms with E-state index >= 15 is 0 Å². The molecule has 0 radical (unpaired) electrons. The molecule has 2 aliphatic rings. The number of carbonyl (C=O) groups is 1. The van der Waals surface area contributed by atoms with Crippen molar-refractivity contribution in [3.05, 3.63) is 35.1 Å². The van der Waals surface area contributed by atoms with E-state index in [1.54, 1.807) is 13.0 Å². The lowest BCUT2D eigenvalue weighted by Crippen LogP contribution is -2.33. The first-order valence-corrected chi connectivity index (χ1v) is 8.93. The molecular weight excluding hydrogens is 307 g/mol. The first-order valence-electron chi connectivity index (χ1n) is 8.93. The third-order valence-corrected chi connectivity index (χ3v) is 5.45. The average Bonchev–Trinajstić information content (AvgIpc) is 3.21. The molecule has 2 saturated heterocycles. The third kappa shape index (κ3) is 3.95. The molecule has 5 heteroatoms. The van der Waals surface area contributed by atoms with Crippen molar-refractivity contribution in [1.29, 1.82) is 0 Å². The monoisotopic (exact) mass is 334 g/mol. The van der Waals surface area contributed by atoms with Crippen molar-refractivity contribution in [3.8, 4) is 0 Å². The van der Waals surface area contributed by atoms with Gasteiger partial charge >= 0.3 is 0 Å². The van der Waals surface area contributed by atoms with E-state index in [0.717, 1.165) is 19.6 Å². The minimum Gasteiger partial charge on any atom is -0.396 e. The van der Waals surface area contributed by atoms with Gasteiger partial charge in [0.05, 0.1) is 6.42 Å². The van der Waals surface area contributed by atoms with Crippen LogP contribution < -0.4 is 0 Å². The number of halogens is 1. The molecule has 1 amide bonds. The lowest BCUT2D eigenvalue weighted by molar-refractivity contribution is -0.129. The van der Waals surface area contributed by atoms with Crippen molar-refractivity contribution in [1.82, 2.24) is 9.80 Å². The van der Waals surface area contributed by atoms with Gasteiger partial charge in [-0.15, -0.1) is 0 Å². The van der Waals surface area contributed by atoms with Gasteiger partial charge in [0.15, 0.2) is 0 Å². The number of aliphatic hydroxyl groups excluding tert-OH is 1. The number of likely N-dealkylation sites (tertiary alicyclic amines) is 2. The minimum atomic E-state index is -0.262. The molecule has 3 rings (SSSR count). The maximum atomic E-state index is 13.6. The predicted octanol–water partition coefficient (Wildman–Crippen LogP) is 1.84. The van der Waals surface area contributed by atoms with Crippen molar-refractivity contribution in [2.24, 2.45) is 11.8 Å². The van der Waals surface area contributed by atoms with Crippen LogP contribution in [0.4, 0.5) is 4.39 Å². The fourth-order valence-electron chi connectivity index (χ4n) is 3.89. The molecule has 132 valence electrons. The number of benzene rings is 1. The highest BCUT2D eigenvalue weighted by molar-refractivity contribution is 5.79. The van der Waals surface area contributed by atoms with Gasteiger partial charge in [-0.05, 0) is 56.0 Å². The zero-order valence-corrected chi connectivity index (χ0v) is 14.4. The summed E-state index contributed by atoms with van der Waals surface area (Å²) in [5.74, 6) is 0.263. The van der Waals surface area contributed by atoms with Crippen molar-refractivity contribution in [3.63, 3.8) is 0 Å². The van der Waals surface area contributed by atoms with Gasteiger partial charge in [0.2, 0.25) is 5.91 Å². The molecule has 1 aromatic carbocycles. The number of carbonyl (C=O) groups excluding carboxylic acids is 1. The van der Waals surface area contributed by atoms with Crippen molar-refractivity contribution in [2.75, 3.05) is 39.3 Å². The number of aryl methyl sites for hydroxylation is 1. The van der Waals surface area contributed by atoms with Gasteiger partial charge in [-0.1, -0.05) is 12.1 Å². The van der Waals surface area contributed by atoms with E-state index in [0.29, 0.717) is 30.1 Å². The molecule has 0 saturated carbocycles. The van der Waals surface area contributed by atoms with E-state index in [1.165, 1.54) is 18.9 Å². The number of aliphatic hydroxyl groups is 1. The molecule has 2 fully saturated rings. The van der Waals surface area contributed by atoms with Gasteiger partial charge < -0.3 is 14.9 Å². The van der Waals surface area contributed by atoms with Crippen LogP contribution in [0, 0.1) is 24.6 Å². The van der Waals surface area contributed by atoms with E-state index in [4.69, 9.17) is 0 Å². The standard InChI is InChI=1S/C19H27FN2O2/c1-14-4-5-15(8-18(14)20)9-19(24)22-11-16(17(12-22)13-23)10-21-6-2-3-7-21/h4-5,8,16-17,23H,2-3,6-7,9-13H2,1H3/t16-,17-/m1/s1. The normalized spacial score (nSPS) is 24.7. The fraction of sp³-hybridized carbons (Fsp3) is 0.632. The van der Waals surface area contributed by atoms with Crippen LogP contribution in [-0.4, -0.2) is 60.1 Å². The molecule has 0 aliphatic carbocycles. The zero-order valence-electron chi connectivity index (χ0n) is 14.4. The zero-order chi connectivity index (χ0) is 17.1. The Morgan fingerprint density at radius 2 is 1.96 bits per heavy atom. The Morgan fingerprint density at radius 1 is 1.25 bits per heavy atom. The summed E-state index contributed by atoms with van der Waals surface area (Å²) < 4.78 is 13.6. The third-order valence-electron chi connectivity index (χ3n) is 5.45. The van der Waals surface area contributed by atoms with Crippen molar-refractivity contribution >= 4 is 5.91 Å². The van der Waals surface area contributed by atoms with Gasteiger partial charge in [-0.2, -0.15) is 0 Å². The highest BCUT2D eigenvalue weighted by Gasteiger charge is 2.35. The number of rotatable bonds is 5. The van der Waals surface area contributed by atoms with Crippen molar-refractivity contribution in [2.45, 2.75) is 26.2 Å². The molecule has 0 aromatic heterocycles. The van der Waals surface area contributed by atoms with Crippen molar-refractivity contribution < 1.29 is 14.3 Å². The second kappa shape index (κ2) is 7.62.